The molecular weight excluding hydrogens is 424 g/mol. The van der Waals surface area contributed by atoms with Gasteiger partial charge in [-0.2, -0.15) is 0 Å². The van der Waals surface area contributed by atoms with Crippen LogP contribution in [-0.2, 0) is 0 Å². The number of carbonyl (C=O) groups is 1. The number of hydrogen-bond acceptors (Lipinski definition) is 7. The lowest BCUT2D eigenvalue weighted by Gasteiger charge is -2.24. The molecule has 9 heteroatoms. The summed E-state index contributed by atoms with van der Waals surface area (Å²) >= 11 is 1.64. The summed E-state index contributed by atoms with van der Waals surface area (Å²) in [5.41, 5.74) is 3.11. The average Bonchev–Trinajstić information content (AvgIpc) is 3.59. The zero-order chi connectivity index (χ0) is 21.8. The van der Waals surface area contributed by atoms with Gasteiger partial charge in [-0.25, -0.2) is 4.98 Å². The third kappa shape index (κ3) is 2.92. The van der Waals surface area contributed by atoms with Crippen molar-refractivity contribution >= 4 is 34.0 Å². The molecule has 8 nitrogen and oxygen atoms in total. The Morgan fingerprint density at radius 3 is 2.94 bits per heavy atom. The van der Waals surface area contributed by atoms with Crippen molar-refractivity contribution in [2.75, 3.05) is 6.54 Å². The number of rotatable bonds is 3. The quantitative estimate of drug-likeness (QED) is 0.404. The molecule has 0 aromatic carbocycles. The van der Waals surface area contributed by atoms with Crippen LogP contribution in [0.3, 0.4) is 0 Å². The van der Waals surface area contributed by atoms with Crippen LogP contribution in [-0.4, -0.2) is 42.1 Å². The zero-order valence-corrected chi connectivity index (χ0v) is 18.5. The topological polar surface area (TPSA) is 89.4 Å². The summed E-state index contributed by atoms with van der Waals surface area (Å²) in [6.45, 7) is 4.55. The maximum absolute atomic E-state index is 13.9. The van der Waals surface area contributed by atoms with Crippen molar-refractivity contribution in [1.29, 1.82) is 0 Å². The molecule has 0 unspecified atom stereocenters. The molecule has 0 saturated carbocycles. The van der Waals surface area contributed by atoms with Crippen LogP contribution in [0.5, 0.6) is 0 Å². The van der Waals surface area contributed by atoms with Gasteiger partial charge >= 0.3 is 0 Å². The minimum absolute atomic E-state index is 0.0617. The van der Waals surface area contributed by atoms with Gasteiger partial charge in [0, 0.05) is 17.6 Å². The van der Waals surface area contributed by atoms with E-state index in [1.54, 1.807) is 11.3 Å². The smallest absolute Gasteiger partial charge is 0.259 e. The molecule has 1 atom stereocenters. The Kier molecular flexibility index (Phi) is 4.32. The van der Waals surface area contributed by atoms with Gasteiger partial charge < -0.3 is 9.42 Å². The van der Waals surface area contributed by atoms with Crippen molar-refractivity contribution in [2.24, 2.45) is 0 Å². The second-order valence-electron chi connectivity index (χ2n) is 8.06. The van der Waals surface area contributed by atoms with E-state index in [9.17, 15) is 4.79 Å². The van der Waals surface area contributed by atoms with Crippen LogP contribution in [0.15, 0.2) is 47.1 Å². The molecule has 32 heavy (non-hydrogen) atoms. The maximum atomic E-state index is 13.9. The van der Waals surface area contributed by atoms with Crippen molar-refractivity contribution < 1.29 is 9.32 Å². The molecule has 0 aliphatic carbocycles. The van der Waals surface area contributed by atoms with E-state index in [0.29, 0.717) is 28.9 Å². The highest BCUT2D eigenvalue weighted by molar-refractivity contribution is 7.15. The van der Waals surface area contributed by atoms with Crippen LogP contribution in [0.25, 0.3) is 27.3 Å². The van der Waals surface area contributed by atoms with Gasteiger partial charge in [0.15, 0.2) is 11.5 Å². The molecule has 5 aromatic rings. The van der Waals surface area contributed by atoms with Gasteiger partial charge in [0.05, 0.1) is 33.3 Å². The zero-order valence-electron chi connectivity index (χ0n) is 17.6. The first-order chi connectivity index (χ1) is 15.6. The molecule has 0 N–H and O–H groups in total. The molecule has 1 amide bonds. The Labute approximate surface area is 187 Å². The third-order valence-electron chi connectivity index (χ3n) is 5.99. The van der Waals surface area contributed by atoms with Gasteiger partial charge in [-0.3, -0.25) is 9.20 Å². The Morgan fingerprint density at radius 1 is 1.19 bits per heavy atom. The molecule has 1 fully saturated rings. The van der Waals surface area contributed by atoms with Crippen molar-refractivity contribution in [2.45, 2.75) is 32.7 Å². The predicted octanol–water partition coefficient (Wildman–Crippen LogP) is 4.59. The minimum Gasteiger partial charge on any atom is -0.335 e. The Balaban J connectivity index is 1.46. The van der Waals surface area contributed by atoms with Crippen molar-refractivity contribution in [3.63, 3.8) is 0 Å². The van der Waals surface area contributed by atoms with Crippen molar-refractivity contribution in [3.8, 4) is 10.6 Å². The first-order valence-corrected chi connectivity index (χ1v) is 11.4. The summed E-state index contributed by atoms with van der Waals surface area (Å²) in [6, 6.07) is 11.6. The normalized spacial score (nSPS) is 16.4. The number of fused-ring (bicyclic) bond motifs is 2. The largest absolute Gasteiger partial charge is 0.335 e. The number of aromatic nitrogens is 5. The molecule has 1 aliphatic heterocycles. The summed E-state index contributed by atoms with van der Waals surface area (Å²) < 4.78 is 7.44. The van der Waals surface area contributed by atoms with Crippen molar-refractivity contribution in [3.05, 3.63) is 64.6 Å². The molecule has 0 spiro atoms. The molecular formula is C23H20N6O2S. The number of likely N-dealkylation sites (tertiary alicyclic amines) is 1. The highest BCUT2D eigenvalue weighted by atomic mass is 32.1. The third-order valence-corrected chi connectivity index (χ3v) is 7.02. The highest BCUT2D eigenvalue weighted by Gasteiger charge is 2.35. The van der Waals surface area contributed by atoms with E-state index in [1.165, 1.54) is 4.88 Å². The van der Waals surface area contributed by atoms with Crippen LogP contribution in [0, 0.1) is 13.8 Å². The number of aryl methyl sites for hydroxylation is 2. The van der Waals surface area contributed by atoms with E-state index in [0.717, 1.165) is 34.9 Å². The van der Waals surface area contributed by atoms with Crippen LogP contribution >= 0.6 is 11.3 Å². The Bertz CT molecular complexity index is 1480. The van der Waals surface area contributed by atoms with Gasteiger partial charge in [0.1, 0.15) is 0 Å². The van der Waals surface area contributed by atoms with E-state index in [4.69, 9.17) is 4.52 Å². The fourth-order valence-corrected chi connectivity index (χ4v) is 5.31. The lowest BCUT2D eigenvalue weighted by atomic mass is 10.1. The Morgan fingerprint density at radius 2 is 2.09 bits per heavy atom. The molecule has 1 saturated heterocycles. The molecule has 0 bridgehead atoms. The fourth-order valence-electron chi connectivity index (χ4n) is 4.48. The fraction of sp³-hybridized carbons (Fsp3) is 0.261. The van der Waals surface area contributed by atoms with Crippen LogP contribution in [0.1, 0.15) is 45.6 Å². The number of pyridine rings is 2. The summed E-state index contributed by atoms with van der Waals surface area (Å²) in [7, 11) is 0. The molecule has 5 aromatic heterocycles. The second kappa shape index (κ2) is 7.23. The van der Waals surface area contributed by atoms with E-state index in [2.05, 4.69) is 27.3 Å². The molecule has 160 valence electrons. The van der Waals surface area contributed by atoms with Crippen LogP contribution in [0.2, 0.25) is 0 Å². The standard InChI is InChI=1S/C23H20N6O2S/c1-13-8-9-18(32-13)16-12-15(20-14(2)27-31-22(20)24-16)23(30)28-11-5-6-17(28)21-26-25-19-7-3-4-10-29(19)21/h3-4,7-10,12,17H,5-6,11H2,1-2H3/t17-/m1/s1. The summed E-state index contributed by atoms with van der Waals surface area (Å²) in [4.78, 5) is 22.6. The number of carbonyl (C=O) groups excluding carboxylic acids is 1. The van der Waals surface area contributed by atoms with Gasteiger partial charge in [-0.1, -0.05) is 11.2 Å². The van der Waals surface area contributed by atoms with Crippen LogP contribution in [0.4, 0.5) is 0 Å². The second-order valence-corrected chi connectivity index (χ2v) is 9.35. The van der Waals surface area contributed by atoms with Gasteiger partial charge in [0.25, 0.3) is 11.6 Å². The van der Waals surface area contributed by atoms with E-state index >= 15 is 0 Å². The average molecular weight is 445 g/mol. The predicted molar refractivity (Wildman–Crippen MR) is 121 cm³/mol. The van der Waals surface area contributed by atoms with E-state index < -0.39 is 0 Å². The van der Waals surface area contributed by atoms with Gasteiger partial charge in [-0.15, -0.1) is 21.5 Å². The van der Waals surface area contributed by atoms with E-state index in [1.807, 2.05) is 58.8 Å². The summed E-state index contributed by atoms with van der Waals surface area (Å²) in [5.74, 6) is 0.723. The first kappa shape index (κ1) is 19.1. The van der Waals surface area contributed by atoms with Crippen molar-refractivity contribution in [1.82, 2.24) is 29.6 Å². The molecule has 6 heterocycles. The highest BCUT2D eigenvalue weighted by Crippen LogP contribution is 2.36. The Hall–Kier alpha value is -3.59. The maximum Gasteiger partial charge on any atom is 0.259 e. The SMILES string of the molecule is Cc1ccc(-c2cc(C(=O)N3CCC[C@@H]3c3nnc4ccccn34)c3c(C)noc3n2)s1. The molecule has 6 rings (SSSR count). The monoisotopic (exact) mass is 444 g/mol. The number of hydrogen-bond donors (Lipinski definition) is 0. The number of amides is 1. The molecule has 1 aliphatic rings. The number of nitrogens with zero attached hydrogens (tertiary/aromatic N) is 6. The van der Waals surface area contributed by atoms with E-state index in [-0.39, 0.29) is 11.9 Å². The van der Waals surface area contributed by atoms with Crippen LogP contribution < -0.4 is 0 Å². The molecule has 0 radical (unpaired) electrons. The summed E-state index contributed by atoms with van der Waals surface area (Å²) in [5, 5.41) is 13.5. The lowest BCUT2D eigenvalue weighted by Crippen LogP contribution is -2.31. The number of thiophene rings is 1. The lowest BCUT2D eigenvalue weighted by molar-refractivity contribution is 0.0731. The minimum atomic E-state index is -0.143. The van der Waals surface area contributed by atoms with Gasteiger partial charge in [-0.05, 0) is 57.0 Å². The summed E-state index contributed by atoms with van der Waals surface area (Å²) in [6.07, 6.45) is 3.69. The first-order valence-electron chi connectivity index (χ1n) is 10.5. The van der Waals surface area contributed by atoms with Gasteiger partial charge in [0.2, 0.25) is 0 Å².